The molecule has 0 spiro atoms. The molecule has 0 aliphatic heterocycles. The van der Waals surface area contributed by atoms with Crippen molar-refractivity contribution in [2.45, 2.75) is 38.9 Å². The normalized spacial score (nSPS) is 24.9. The Balaban J connectivity index is 1.87. The lowest BCUT2D eigenvalue weighted by Gasteiger charge is -2.18. The minimum Gasteiger partial charge on any atom is -0.373 e. The second-order valence-corrected chi connectivity index (χ2v) is 4.65. The molecular weight excluding hydrogens is 200 g/mol. The smallest absolute Gasteiger partial charge is 0.0735 e. The molecule has 1 aromatic rings. The summed E-state index contributed by atoms with van der Waals surface area (Å²) >= 11 is 0. The van der Waals surface area contributed by atoms with Gasteiger partial charge in [-0.25, -0.2) is 0 Å². The summed E-state index contributed by atoms with van der Waals surface area (Å²) in [5, 5.41) is 0. The number of pyridine rings is 1. The summed E-state index contributed by atoms with van der Waals surface area (Å²) in [5.41, 5.74) is 8.06. The van der Waals surface area contributed by atoms with E-state index >= 15 is 0 Å². The van der Waals surface area contributed by atoms with Crippen molar-refractivity contribution in [2.24, 2.45) is 11.7 Å². The number of nitrogens with two attached hydrogens (primary N) is 1. The van der Waals surface area contributed by atoms with Crippen LogP contribution in [-0.2, 0) is 11.3 Å². The van der Waals surface area contributed by atoms with Gasteiger partial charge in [0.25, 0.3) is 0 Å². The van der Waals surface area contributed by atoms with Crippen molar-refractivity contribution in [3.8, 4) is 0 Å². The van der Waals surface area contributed by atoms with E-state index in [1.165, 1.54) is 18.4 Å². The Bertz CT molecular complexity index is 340. The Morgan fingerprint density at radius 3 is 3.06 bits per heavy atom. The van der Waals surface area contributed by atoms with Crippen molar-refractivity contribution < 1.29 is 4.74 Å². The van der Waals surface area contributed by atoms with Crippen LogP contribution in [-0.4, -0.2) is 17.6 Å². The first-order valence-corrected chi connectivity index (χ1v) is 6.02. The Labute approximate surface area is 97.0 Å². The molecule has 1 aliphatic rings. The Morgan fingerprint density at radius 2 is 2.31 bits per heavy atom. The highest BCUT2D eigenvalue weighted by Crippen LogP contribution is 2.28. The number of aromatic nitrogens is 1. The van der Waals surface area contributed by atoms with Gasteiger partial charge >= 0.3 is 0 Å². The van der Waals surface area contributed by atoms with Gasteiger partial charge in [-0.2, -0.15) is 0 Å². The summed E-state index contributed by atoms with van der Waals surface area (Å²) in [6.45, 7) is 3.46. The molecule has 1 aliphatic carbocycles. The van der Waals surface area contributed by atoms with Crippen molar-refractivity contribution in [3.05, 3.63) is 29.6 Å². The van der Waals surface area contributed by atoms with E-state index in [0.717, 1.165) is 18.5 Å². The highest BCUT2D eigenvalue weighted by atomic mass is 16.5. The van der Waals surface area contributed by atoms with E-state index in [2.05, 4.69) is 18.0 Å². The van der Waals surface area contributed by atoms with Crippen LogP contribution in [0.25, 0.3) is 0 Å². The third-order valence-corrected chi connectivity index (χ3v) is 3.29. The van der Waals surface area contributed by atoms with Gasteiger partial charge in [0.2, 0.25) is 0 Å². The molecule has 3 heteroatoms. The summed E-state index contributed by atoms with van der Waals surface area (Å²) < 4.78 is 5.93. The fourth-order valence-electron chi connectivity index (χ4n) is 2.39. The molecule has 2 N–H and O–H groups in total. The van der Waals surface area contributed by atoms with Crippen molar-refractivity contribution in [2.75, 3.05) is 6.54 Å². The van der Waals surface area contributed by atoms with E-state index in [1.807, 2.05) is 12.4 Å². The lowest BCUT2D eigenvalue weighted by molar-refractivity contribution is 0.0181. The van der Waals surface area contributed by atoms with Gasteiger partial charge in [0.1, 0.15) is 0 Å². The van der Waals surface area contributed by atoms with Gasteiger partial charge in [0.05, 0.1) is 12.7 Å². The Morgan fingerprint density at radius 1 is 1.44 bits per heavy atom. The average Bonchev–Trinajstić information content (AvgIpc) is 2.74. The number of ether oxygens (including phenoxy) is 1. The first-order valence-electron chi connectivity index (χ1n) is 6.02. The van der Waals surface area contributed by atoms with Crippen LogP contribution in [0, 0.1) is 12.8 Å². The molecule has 1 saturated carbocycles. The predicted octanol–water partition coefficient (Wildman–Crippen LogP) is 2.03. The molecule has 0 saturated heterocycles. The summed E-state index contributed by atoms with van der Waals surface area (Å²) in [5.74, 6) is 0.553. The standard InChI is InChI=1S/C13H20N2O/c1-10-5-11(8-15-7-10)9-16-13-4-2-3-12(13)6-14/h5,7-8,12-13H,2-4,6,9,14H2,1H3. The third-order valence-electron chi connectivity index (χ3n) is 3.29. The predicted molar refractivity (Wildman–Crippen MR) is 63.9 cm³/mol. The third kappa shape index (κ3) is 2.80. The van der Waals surface area contributed by atoms with Gasteiger partial charge < -0.3 is 10.5 Å². The summed E-state index contributed by atoms with van der Waals surface area (Å²) in [4.78, 5) is 4.16. The van der Waals surface area contributed by atoms with Gasteiger partial charge in [-0.15, -0.1) is 0 Å². The molecule has 2 rings (SSSR count). The molecule has 1 fully saturated rings. The SMILES string of the molecule is Cc1cncc(COC2CCCC2CN)c1. The zero-order valence-corrected chi connectivity index (χ0v) is 9.86. The van der Waals surface area contributed by atoms with E-state index in [1.54, 1.807) is 0 Å². The van der Waals surface area contributed by atoms with E-state index in [-0.39, 0.29) is 0 Å². The summed E-state index contributed by atoms with van der Waals surface area (Å²) in [7, 11) is 0. The monoisotopic (exact) mass is 220 g/mol. The number of hydrogen-bond acceptors (Lipinski definition) is 3. The van der Waals surface area contributed by atoms with Crippen LogP contribution >= 0.6 is 0 Å². The molecule has 1 heterocycles. The Kier molecular flexibility index (Phi) is 3.91. The van der Waals surface area contributed by atoms with E-state index in [0.29, 0.717) is 18.6 Å². The maximum Gasteiger partial charge on any atom is 0.0735 e. The average molecular weight is 220 g/mol. The number of aryl methyl sites for hydroxylation is 1. The van der Waals surface area contributed by atoms with Gasteiger partial charge in [0.15, 0.2) is 0 Å². The van der Waals surface area contributed by atoms with Gasteiger partial charge in [-0.05, 0) is 43.4 Å². The summed E-state index contributed by atoms with van der Waals surface area (Å²) in [6.07, 6.45) is 7.71. The molecular formula is C13H20N2O. The van der Waals surface area contributed by atoms with Crippen LogP contribution < -0.4 is 5.73 Å². The van der Waals surface area contributed by atoms with E-state index in [9.17, 15) is 0 Å². The van der Waals surface area contributed by atoms with Crippen LogP contribution in [0.1, 0.15) is 30.4 Å². The zero-order valence-electron chi connectivity index (χ0n) is 9.86. The minimum atomic E-state index is 0.352. The van der Waals surface area contributed by atoms with Crippen LogP contribution in [0.3, 0.4) is 0 Å². The van der Waals surface area contributed by atoms with Gasteiger partial charge in [-0.3, -0.25) is 4.98 Å². The molecule has 0 bridgehead atoms. The van der Waals surface area contributed by atoms with Crippen LogP contribution in [0.5, 0.6) is 0 Å². The highest BCUT2D eigenvalue weighted by molar-refractivity contribution is 5.15. The lowest BCUT2D eigenvalue weighted by Crippen LogP contribution is -2.25. The lowest BCUT2D eigenvalue weighted by atomic mass is 10.1. The second kappa shape index (κ2) is 5.41. The van der Waals surface area contributed by atoms with Gasteiger partial charge in [-0.1, -0.05) is 12.5 Å². The maximum atomic E-state index is 5.93. The first-order chi connectivity index (χ1) is 7.79. The van der Waals surface area contributed by atoms with Crippen molar-refractivity contribution in [1.29, 1.82) is 0 Å². The van der Waals surface area contributed by atoms with Crippen LogP contribution in [0.15, 0.2) is 18.5 Å². The van der Waals surface area contributed by atoms with E-state index in [4.69, 9.17) is 10.5 Å². The minimum absolute atomic E-state index is 0.352. The Hall–Kier alpha value is -0.930. The fraction of sp³-hybridized carbons (Fsp3) is 0.615. The van der Waals surface area contributed by atoms with Crippen molar-refractivity contribution in [3.63, 3.8) is 0 Å². The molecule has 16 heavy (non-hydrogen) atoms. The topological polar surface area (TPSA) is 48.1 Å². The molecule has 2 atom stereocenters. The van der Waals surface area contributed by atoms with Crippen LogP contribution in [0.2, 0.25) is 0 Å². The molecule has 2 unspecified atom stereocenters. The highest BCUT2D eigenvalue weighted by Gasteiger charge is 2.26. The number of rotatable bonds is 4. The quantitative estimate of drug-likeness (QED) is 0.844. The second-order valence-electron chi connectivity index (χ2n) is 4.65. The molecule has 1 aromatic heterocycles. The zero-order chi connectivity index (χ0) is 11.4. The van der Waals surface area contributed by atoms with Crippen molar-refractivity contribution in [1.82, 2.24) is 4.98 Å². The van der Waals surface area contributed by atoms with Crippen molar-refractivity contribution >= 4 is 0 Å². The molecule has 0 radical (unpaired) electrons. The number of nitrogens with zero attached hydrogens (tertiary/aromatic N) is 1. The van der Waals surface area contributed by atoms with Gasteiger partial charge in [0, 0.05) is 12.4 Å². The number of hydrogen-bond donors (Lipinski definition) is 1. The largest absolute Gasteiger partial charge is 0.373 e. The molecule has 0 amide bonds. The fourth-order valence-corrected chi connectivity index (χ4v) is 2.39. The molecule has 3 nitrogen and oxygen atoms in total. The van der Waals surface area contributed by atoms with E-state index < -0.39 is 0 Å². The maximum absolute atomic E-state index is 5.93. The summed E-state index contributed by atoms with van der Waals surface area (Å²) in [6, 6.07) is 2.12. The molecule has 88 valence electrons. The van der Waals surface area contributed by atoms with Crippen LogP contribution in [0.4, 0.5) is 0 Å². The first kappa shape index (κ1) is 11.6. The molecule has 0 aromatic carbocycles.